The molecule has 4 nitrogen and oxygen atoms in total. The van der Waals surface area contributed by atoms with E-state index in [2.05, 4.69) is 5.32 Å². The molecule has 1 aromatic rings. The van der Waals surface area contributed by atoms with E-state index in [4.69, 9.17) is 0 Å². The summed E-state index contributed by atoms with van der Waals surface area (Å²) in [4.78, 5) is 0. The zero-order valence-corrected chi connectivity index (χ0v) is 11.3. The van der Waals surface area contributed by atoms with Gasteiger partial charge in [0.1, 0.15) is 0 Å². The van der Waals surface area contributed by atoms with Gasteiger partial charge in [0.25, 0.3) is 0 Å². The summed E-state index contributed by atoms with van der Waals surface area (Å²) in [5.74, 6) is 0.210. The van der Waals surface area contributed by atoms with Gasteiger partial charge in [-0.2, -0.15) is 0 Å². The highest BCUT2D eigenvalue weighted by Crippen LogP contribution is 2.08. The maximum absolute atomic E-state index is 12.1. The minimum atomic E-state index is -3.08. The Hall–Kier alpha value is -0.910. The molecule has 0 amide bonds. The molecule has 2 rings (SSSR count). The average molecular weight is 268 g/mol. The van der Waals surface area contributed by atoms with Crippen LogP contribution in [0.2, 0.25) is 0 Å². The summed E-state index contributed by atoms with van der Waals surface area (Å²) >= 11 is 0. The molecule has 1 fully saturated rings. The van der Waals surface area contributed by atoms with E-state index in [1.165, 1.54) is 5.56 Å². The molecule has 0 bridgehead atoms. The Morgan fingerprint density at radius 3 is 2.72 bits per heavy atom. The van der Waals surface area contributed by atoms with Crippen molar-refractivity contribution in [2.45, 2.75) is 12.8 Å². The van der Waals surface area contributed by atoms with Gasteiger partial charge in [0.15, 0.2) is 0 Å². The fraction of sp³-hybridized carbons (Fsp3) is 0.538. The first kappa shape index (κ1) is 13.5. The fourth-order valence-electron chi connectivity index (χ4n) is 2.12. The third-order valence-corrected chi connectivity index (χ3v) is 5.06. The Balaban J connectivity index is 1.97. The van der Waals surface area contributed by atoms with Crippen molar-refractivity contribution in [1.29, 1.82) is 0 Å². The van der Waals surface area contributed by atoms with Crippen LogP contribution in [0.5, 0.6) is 0 Å². The summed E-state index contributed by atoms with van der Waals surface area (Å²) < 4.78 is 25.8. The molecule has 0 unspecified atom stereocenters. The molecule has 0 aromatic heterocycles. The van der Waals surface area contributed by atoms with Crippen molar-refractivity contribution in [3.05, 3.63) is 35.9 Å². The summed E-state index contributed by atoms with van der Waals surface area (Å²) in [5, 5.41) is 3.13. The van der Waals surface area contributed by atoms with Crippen molar-refractivity contribution in [2.24, 2.45) is 0 Å². The van der Waals surface area contributed by atoms with Crippen molar-refractivity contribution >= 4 is 10.0 Å². The Morgan fingerprint density at radius 1 is 1.17 bits per heavy atom. The second kappa shape index (κ2) is 6.31. The van der Waals surface area contributed by atoms with Crippen LogP contribution in [0, 0.1) is 0 Å². The first-order valence-corrected chi connectivity index (χ1v) is 8.02. The van der Waals surface area contributed by atoms with Crippen LogP contribution in [-0.4, -0.2) is 44.7 Å². The highest BCUT2D eigenvalue weighted by atomic mass is 32.2. The first-order chi connectivity index (χ1) is 8.68. The van der Waals surface area contributed by atoms with Gasteiger partial charge in [-0.05, 0) is 24.9 Å². The van der Waals surface area contributed by atoms with Crippen LogP contribution in [0.4, 0.5) is 0 Å². The second-order valence-corrected chi connectivity index (χ2v) is 6.64. The molecular weight excluding hydrogens is 248 g/mol. The quantitative estimate of drug-likeness (QED) is 0.884. The van der Waals surface area contributed by atoms with Gasteiger partial charge in [0, 0.05) is 19.6 Å². The Morgan fingerprint density at radius 2 is 1.94 bits per heavy atom. The van der Waals surface area contributed by atoms with Gasteiger partial charge >= 0.3 is 0 Å². The van der Waals surface area contributed by atoms with Crippen LogP contribution < -0.4 is 5.32 Å². The molecule has 0 atom stereocenters. The van der Waals surface area contributed by atoms with Crippen LogP contribution in [0.1, 0.15) is 12.0 Å². The SMILES string of the molecule is O=S1(=O)CCNCCCN1CCc1ccccc1. The highest BCUT2D eigenvalue weighted by Gasteiger charge is 2.22. The Kier molecular flexibility index (Phi) is 4.74. The van der Waals surface area contributed by atoms with Gasteiger partial charge < -0.3 is 5.32 Å². The minimum Gasteiger partial charge on any atom is -0.316 e. The minimum absolute atomic E-state index is 0.210. The van der Waals surface area contributed by atoms with Crippen molar-refractivity contribution < 1.29 is 8.42 Å². The van der Waals surface area contributed by atoms with Crippen LogP contribution in [0.3, 0.4) is 0 Å². The lowest BCUT2D eigenvalue weighted by molar-refractivity contribution is 0.394. The van der Waals surface area contributed by atoms with E-state index >= 15 is 0 Å². The molecule has 0 spiro atoms. The molecule has 1 saturated heterocycles. The van der Waals surface area contributed by atoms with Crippen molar-refractivity contribution in [3.63, 3.8) is 0 Å². The molecule has 0 saturated carbocycles. The van der Waals surface area contributed by atoms with Gasteiger partial charge in [-0.3, -0.25) is 0 Å². The summed E-state index contributed by atoms with van der Waals surface area (Å²) in [7, 11) is -3.08. The summed E-state index contributed by atoms with van der Waals surface area (Å²) in [5.41, 5.74) is 1.19. The van der Waals surface area contributed by atoms with Crippen LogP contribution >= 0.6 is 0 Å². The van der Waals surface area contributed by atoms with E-state index in [0.29, 0.717) is 19.6 Å². The molecule has 1 N–H and O–H groups in total. The number of nitrogens with zero attached hydrogens (tertiary/aromatic N) is 1. The van der Waals surface area contributed by atoms with Gasteiger partial charge in [-0.15, -0.1) is 0 Å². The summed E-state index contributed by atoms with van der Waals surface area (Å²) in [6.45, 7) is 2.68. The lowest BCUT2D eigenvalue weighted by atomic mass is 10.1. The number of nitrogens with one attached hydrogen (secondary N) is 1. The molecule has 0 radical (unpaired) electrons. The number of rotatable bonds is 3. The number of hydrogen-bond donors (Lipinski definition) is 1. The van der Waals surface area contributed by atoms with Crippen LogP contribution in [0.25, 0.3) is 0 Å². The van der Waals surface area contributed by atoms with Gasteiger partial charge in [0.05, 0.1) is 5.75 Å². The van der Waals surface area contributed by atoms with E-state index in [0.717, 1.165) is 19.4 Å². The molecule has 1 aromatic carbocycles. The molecule has 5 heteroatoms. The maximum atomic E-state index is 12.1. The largest absolute Gasteiger partial charge is 0.316 e. The van der Waals surface area contributed by atoms with Crippen molar-refractivity contribution in [2.75, 3.05) is 31.9 Å². The second-order valence-electron chi connectivity index (χ2n) is 4.55. The molecule has 1 heterocycles. The van der Waals surface area contributed by atoms with Gasteiger partial charge in [-0.25, -0.2) is 12.7 Å². The topological polar surface area (TPSA) is 49.4 Å². The summed E-state index contributed by atoms with van der Waals surface area (Å²) in [6, 6.07) is 10.0. The van der Waals surface area contributed by atoms with E-state index in [-0.39, 0.29) is 5.75 Å². The van der Waals surface area contributed by atoms with Gasteiger partial charge in [0.2, 0.25) is 10.0 Å². The zero-order valence-electron chi connectivity index (χ0n) is 10.5. The zero-order chi connectivity index (χ0) is 12.8. The van der Waals surface area contributed by atoms with E-state index in [1.807, 2.05) is 30.3 Å². The third kappa shape index (κ3) is 3.80. The average Bonchev–Trinajstić information content (AvgIpc) is 2.35. The molecule has 0 aliphatic carbocycles. The highest BCUT2D eigenvalue weighted by molar-refractivity contribution is 7.89. The molecule has 100 valence electrons. The first-order valence-electron chi connectivity index (χ1n) is 6.41. The lowest BCUT2D eigenvalue weighted by Gasteiger charge is -2.24. The standard InChI is InChI=1S/C13H20N2O2S/c16-18(17)12-9-14-8-4-10-15(18)11-7-13-5-2-1-3-6-13/h1-3,5-6,14H,4,7-12H2. The van der Waals surface area contributed by atoms with E-state index in [9.17, 15) is 8.42 Å². The monoisotopic (exact) mass is 268 g/mol. The third-order valence-electron chi connectivity index (χ3n) is 3.18. The van der Waals surface area contributed by atoms with Crippen LogP contribution in [-0.2, 0) is 16.4 Å². The predicted octanol–water partition coefficient (Wildman–Crippen LogP) is 0.854. The van der Waals surface area contributed by atoms with Gasteiger partial charge in [-0.1, -0.05) is 30.3 Å². The van der Waals surface area contributed by atoms with Crippen molar-refractivity contribution in [1.82, 2.24) is 9.62 Å². The predicted molar refractivity (Wildman–Crippen MR) is 73.0 cm³/mol. The summed E-state index contributed by atoms with van der Waals surface area (Å²) in [6.07, 6.45) is 1.67. The number of hydrogen-bond acceptors (Lipinski definition) is 3. The number of benzene rings is 1. The Bertz CT molecular complexity index is 459. The van der Waals surface area contributed by atoms with Crippen LogP contribution in [0.15, 0.2) is 30.3 Å². The fourth-order valence-corrected chi connectivity index (χ4v) is 3.56. The Labute approximate surface area is 109 Å². The molecular formula is C13H20N2O2S. The van der Waals surface area contributed by atoms with E-state index in [1.54, 1.807) is 4.31 Å². The maximum Gasteiger partial charge on any atom is 0.215 e. The molecule has 1 aliphatic rings. The van der Waals surface area contributed by atoms with E-state index < -0.39 is 10.0 Å². The normalized spacial score (nSPS) is 21.1. The smallest absolute Gasteiger partial charge is 0.215 e. The van der Waals surface area contributed by atoms with Crippen molar-refractivity contribution in [3.8, 4) is 0 Å². The lowest BCUT2D eigenvalue weighted by Crippen LogP contribution is -2.41. The number of sulfonamides is 1. The molecule has 1 aliphatic heterocycles. The molecule has 18 heavy (non-hydrogen) atoms.